The maximum Gasteiger partial charge on any atom is 0.0951 e. The van der Waals surface area contributed by atoms with Crippen LogP contribution in [0.25, 0.3) is 0 Å². The van der Waals surface area contributed by atoms with Crippen LogP contribution in [0.15, 0.2) is 12.1 Å². The zero-order valence-electron chi connectivity index (χ0n) is 13.5. The van der Waals surface area contributed by atoms with E-state index >= 15 is 0 Å². The molecule has 0 amide bonds. The SMILES string of the molecule is Cc1cc(C)c(CN[C@@H]2CCO[C@@]3(CCOC3)C2)c(C)c1. The zero-order chi connectivity index (χ0) is 14.9. The molecule has 1 spiro atoms. The van der Waals surface area contributed by atoms with Crippen molar-refractivity contribution in [2.24, 2.45) is 0 Å². The quantitative estimate of drug-likeness (QED) is 0.928. The van der Waals surface area contributed by atoms with E-state index in [-0.39, 0.29) is 5.60 Å². The molecule has 2 saturated heterocycles. The third kappa shape index (κ3) is 3.31. The summed E-state index contributed by atoms with van der Waals surface area (Å²) in [5.74, 6) is 0. The first-order valence-corrected chi connectivity index (χ1v) is 8.10. The van der Waals surface area contributed by atoms with Crippen LogP contribution < -0.4 is 5.32 Å². The molecule has 0 saturated carbocycles. The first kappa shape index (κ1) is 15.0. The van der Waals surface area contributed by atoms with Gasteiger partial charge in [0.2, 0.25) is 0 Å². The molecule has 2 aliphatic heterocycles. The molecule has 2 aliphatic rings. The van der Waals surface area contributed by atoms with Crippen molar-refractivity contribution in [2.45, 2.75) is 58.2 Å². The number of hydrogen-bond acceptors (Lipinski definition) is 3. The first-order valence-electron chi connectivity index (χ1n) is 8.10. The minimum atomic E-state index is -0.00666. The molecule has 3 heteroatoms. The summed E-state index contributed by atoms with van der Waals surface area (Å²) in [6.45, 7) is 10.0. The Morgan fingerprint density at radius 2 is 1.95 bits per heavy atom. The summed E-state index contributed by atoms with van der Waals surface area (Å²) in [5, 5.41) is 3.75. The highest BCUT2D eigenvalue weighted by Crippen LogP contribution is 2.33. The summed E-state index contributed by atoms with van der Waals surface area (Å²) in [4.78, 5) is 0. The van der Waals surface area contributed by atoms with E-state index < -0.39 is 0 Å². The monoisotopic (exact) mass is 289 g/mol. The molecule has 0 bridgehead atoms. The lowest BCUT2D eigenvalue weighted by Crippen LogP contribution is -2.47. The molecular weight excluding hydrogens is 262 g/mol. The Labute approximate surface area is 128 Å². The van der Waals surface area contributed by atoms with Crippen LogP contribution >= 0.6 is 0 Å². The summed E-state index contributed by atoms with van der Waals surface area (Å²) in [6.07, 6.45) is 3.23. The van der Waals surface area contributed by atoms with Crippen molar-refractivity contribution in [2.75, 3.05) is 19.8 Å². The molecule has 1 aromatic carbocycles. The summed E-state index contributed by atoms with van der Waals surface area (Å²) in [5.41, 5.74) is 5.58. The molecule has 116 valence electrons. The van der Waals surface area contributed by atoms with E-state index in [9.17, 15) is 0 Å². The second kappa shape index (κ2) is 6.07. The maximum absolute atomic E-state index is 6.01. The highest BCUT2D eigenvalue weighted by Gasteiger charge is 2.40. The lowest BCUT2D eigenvalue weighted by molar-refractivity contribution is -0.0894. The number of benzene rings is 1. The Bertz CT molecular complexity index is 483. The van der Waals surface area contributed by atoms with Crippen molar-refractivity contribution < 1.29 is 9.47 Å². The normalized spacial score (nSPS) is 29.2. The lowest BCUT2D eigenvalue weighted by Gasteiger charge is -2.37. The van der Waals surface area contributed by atoms with Crippen LogP contribution in [0.5, 0.6) is 0 Å². The molecule has 0 radical (unpaired) electrons. The van der Waals surface area contributed by atoms with Gasteiger partial charge < -0.3 is 14.8 Å². The van der Waals surface area contributed by atoms with Crippen molar-refractivity contribution in [1.29, 1.82) is 0 Å². The Hall–Kier alpha value is -0.900. The fourth-order valence-corrected chi connectivity index (χ4v) is 3.80. The average molecular weight is 289 g/mol. The van der Waals surface area contributed by atoms with Gasteiger partial charge in [-0.25, -0.2) is 0 Å². The van der Waals surface area contributed by atoms with Gasteiger partial charge in [-0.1, -0.05) is 17.7 Å². The number of hydrogen-bond donors (Lipinski definition) is 1. The molecule has 3 nitrogen and oxygen atoms in total. The van der Waals surface area contributed by atoms with Gasteiger partial charge in [-0.15, -0.1) is 0 Å². The predicted molar refractivity (Wildman–Crippen MR) is 84.6 cm³/mol. The Morgan fingerprint density at radius 1 is 1.19 bits per heavy atom. The molecule has 21 heavy (non-hydrogen) atoms. The highest BCUT2D eigenvalue weighted by atomic mass is 16.6. The molecule has 0 unspecified atom stereocenters. The van der Waals surface area contributed by atoms with Crippen molar-refractivity contribution in [3.63, 3.8) is 0 Å². The van der Waals surface area contributed by atoms with Crippen molar-refractivity contribution in [3.05, 3.63) is 34.4 Å². The number of nitrogens with one attached hydrogen (secondary N) is 1. The van der Waals surface area contributed by atoms with Crippen LogP contribution in [0, 0.1) is 20.8 Å². The standard InChI is InChI=1S/C18H27NO2/c1-13-8-14(2)17(15(3)9-13)11-19-16-4-6-21-18(10-16)5-7-20-12-18/h8-9,16,19H,4-7,10-12H2,1-3H3/t16-,18+/m1/s1. The lowest BCUT2D eigenvalue weighted by atomic mass is 9.89. The second-order valence-electron chi connectivity index (χ2n) is 6.78. The van der Waals surface area contributed by atoms with Gasteiger partial charge in [-0.3, -0.25) is 0 Å². The fraction of sp³-hybridized carbons (Fsp3) is 0.667. The van der Waals surface area contributed by atoms with Crippen LogP contribution in [0.1, 0.15) is 41.5 Å². The maximum atomic E-state index is 6.01. The molecule has 2 heterocycles. The van der Waals surface area contributed by atoms with E-state index in [0.717, 1.165) is 45.6 Å². The molecule has 0 aliphatic carbocycles. The van der Waals surface area contributed by atoms with Gasteiger partial charge in [0.25, 0.3) is 0 Å². The number of aryl methyl sites for hydroxylation is 3. The molecule has 1 aromatic rings. The Morgan fingerprint density at radius 3 is 2.62 bits per heavy atom. The summed E-state index contributed by atoms with van der Waals surface area (Å²) < 4.78 is 11.6. The third-order valence-corrected chi connectivity index (χ3v) is 4.97. The molecule has 0 aromatic heterocycles. The van der Waals surface area contributed by atoms with E-state index in [2.05, 4.69) is 38.2 Å². The molecule has 2 fully saturated rings. The van der Waals surface area contributed by atoms with Gasteiger partial charge in [0.1, 0.15) is 0 Å². The highest BCUT2D eigenvalue weighted by molar-refractivity contribution is 5.37. The summed E-state index contributed by atoms with van der Waals surface area (Å²) >= 11 is 0. The molecule has 1 N–H and O–H groups in total. The third-order valence-electron chi connectivity index (χ3n) is 4.97. The van der Waals surface area contributed by atoms with E-state index in [0.29, 0.717) is 6.04 Å². The minimum Gasteiger partial charge on any atom is -0.378 e. The summed E-state index contributed by atoms with van der Waals surface area (Å²) in [6, 6.07) is 5.10. The van der Waals surface area contributed by atoms with Gasteiger partial charge in [0, 0.05) is 32.2 Å². The van der Waals surface area contributed by atoms with Crippen molar-refractivity contribution in [3.8, 4) is 0 Å². The smallest absolute Gasteiger partial charge is 0.0951 e. The van der Waals surface area contributed by atoms with Crippen LogP contribution in [-0.2, 0) is 16.0 Å². The van der Waals surface area contributed by atoms with Gasteiger partial charge in [0.15, 0.2) is 0 Å². The van der Waals surface area contributed by atoms with E-state index in [4.69, 9.17) is 9.47 Å². The predicted octanol–water partition coefficient (Wildman–Crippen LogP) is 3.04. The minimum absolute atomic E-state index is 0.00666. The Balaban J connectivity index is 1.62. The van der Waals surface area contributed by atoms with Crippen molar-refractivity contribution >= 4 is 0 Å². The molecular formula is C18H27NO2. The van der Waals surface area contributed by atoms with Gasteiger partial charge in [0.05, 0.1) is 12.2 Å². The van der Waals surface area contributed by atoms with E-state index in [1.807, 2.05) is 0 Å². The summed E-state index contributed by atoms with van der Waals surface area (Å²) in [7, 11) is 0. The second-order valence-corrected chi connectivity index (χ2v) is 6.78. The van der Waals surface area contributed by atoms with Gasteiger partial charge in [-0.2, -0.15) is 0 Å². The largest absolute Gasteiger partial charge is 0.378 e. The van der Waals surface area contributed by atoms with Gasteiger partial charge in [-0.05, 0) is 50.3 Å². The van der Waals surface area contributed by atoms with Crippen LogP contribution in [0.4, 0.5) is 0 Å². The molecule has 2 atom stereocenters. The van der Waals surface area contributed by atoms with Crippen LogP contribution in [-0.4, -0.2) is 31.5 Å². The topological polar surface area (TPSA) is 30.5 Å². The van der Waals surface area contributed by atoms with Gasteiger partial charge >= 0.3 is 0 Å². The first-order chi connectivity index (χ1) is 10.1. The van der Waals surface area contributed by atoms with Crippen LogP contribution in [0.3, 0.4) is 0 Å². The number of rotatable bonds is 3. The Kier molecular flexibility index (Phi) is 4.34. The zero-order valence-corrected chi connectivity index (χ0v) is 13.5. The van der Waals surface area contributed by atoms with E-state index in [1.165, 1.54) is 22.3 Å². The van der Waals surface area contributed by atoms with Crippen LogP contribution in [0.2, 0.25) is 0 Å². The average Bonchev–Trinajstić information content (AvgIpc) is 2.85. The van der Waals surface area contributed by atoms with Crippen molar-refractivity contribution in [1.82, 2.24) is 5.32 Å². The number of ether oxygens (including phenoxy) is 2. The fourth-order valence-electron chi connectivity index (χ4n) is 3.80. The molecule has 3 rings (SSSR count). The van der Waals surface area contributed by atoms with E-state index in [1.54, 1.807) is 0 Å².